The highest BCUT2D eigenvalue weighted by Gasteiger charge is 2.08. The van der Waals surface area contributed by atoms with Gasteiger partial charge in [-0.1, -0.05) is 6.08 Å². The zero-order valence-corrected chi connectivity index (χ0v) is 8.01. The number of carboxylic acids is 1. The number of rotatable bonds is 5. The fourth-order valence-electron chi connectivity index (χ4n) is 0.973. The summed E-state index contributed by atoms with van der Waals surface area (Å²) in [6.45, 7) is 3.57. The van der Waals surface area contributed by atoms with Gasteiger partial charge < -0.3 is 10.4 Å². The maximum Gasteiger partial charge on any atom is 0.325 e. The number of aliphatic carboxylic acids is 1. The van der Waals surface area contributed by atoms with Gasteiger partial charge in [0.15, 0.2) is 0 Å². The highest BCUT2D eigenvalue weighted by Crippen LogP contribution is 1.97. The van der Waals surface area contributed by atoms with E-state index in [-0.39, 0.29) is 12.5 Å². The van der Waals surface area contributed by atoms with Crippen LogP contribution in [-0.2, 0) is 11.3 Å². The Bertz CT molecular complexity index is 384. The summed E-state index contributed by atoms with van der Waals surface area (Å²) in [7, 11) is 0. The quantitative estimate of drug-likeness (QED) is 0.662. The van der Waals surface area contributed by atoms with Gasteiger partial charge in [0.25, 0.3) is 5.91 Å². The van der Waals surface area contributed by atoms with E-state index < -0.39 is 5.97 Å². The first-order valence-electron chi connectivity index (χ1n) is 4.27. The van der Waals surface area contributed by atoms with Gasteiger partial charge in [-0.2, -0.15) is 5.10 Å². The minimum Gasteiger partial charge on any atom is -0.480 e. The van der Waals surface area contributed by atoms with Crippen molar-refractivity contribution in [1.29, 1.82) is 0 Å². The maximum atomic E-state index is 11.3. The molecular formula is C9H11N3O3. The molecule has 6 nitrogen and oxygen atoms in total. The zero-order valence-electron chi connectivity index (χ0n) is 8.01. The first kappa shape index (κ1) is 11.0. The van der Waals surface area contributed by atoms with Gasteiger partial charge in [0.1, 0.15) is 6.54 Å². The fourth-order valence-corrected chi connectivity index (χ4v) is 0.973. The van der Waals surface area contributed by atoms with Crippen LogP contribution in [0.3, 0.4) is 0 Å². The molecule has 80 valence electrons. The smallest absolute Gasteiger partial charge is 0.325 e. The van der Waals surface area contributed by atoms with Crippen LogP contribution >= 0.6 is 0 Å². The van der Waals surface area contributed by atoms with Gasteiger partial charge in [-0.3, -0.25) is 14.3 Å². The number of hydrogen-bond donors (Lipinski definition) is 2. The second-order valence-electron chi connectivity index (χ2n) is 2.82. The molecule has 1 aromatic heterocycles. The molecule has 1 rings (SSSR count). The summed E-state index contributed by atoms with van der Waals surface area (Å²) in [5.74, 6) is -1.30. The van der Waals surface area contributed by atoms with Crippen LogP contribution in [0.25, 0.3) is 0 Å². The summed E-state index contributed by atoms with van der Waals surface area (Å²) < 4.78 is 1.19. The minimum absolute atomic E-state index is 0.255. The third-order valence-corrected chi connectivity index (χ3v) is 1.60. The second kappa shape index (κ2) is 4.94. The van der Waals surface area contributed by atoms with Crippen molar-refractivity contribution < 1.29 is 14.7 Å². The highest BCUT2D eigenvalue weighted by atomic mass is 16.4. The molecule has 0 saturated heterocycles. The molecule has 1 aromatic rings. The SMILES string of the molecule is C=CCNC(=O)c1cnn(CC(=O)O)c1. The van der Waals surface area contributed by atoms with E-state index in [0.29, 0.717) is 12.1 Å². The second-order valence-corrected chi connectivity index (χ2v) is 2.82. The molecule has 0 atom stereocenters. The Hall–Kier alpha value is -2.11. The number of hydrogen-bond acceptors (Lipinski definition) is 3. The molecule has 0 radical (unpaired) electrons. The lowest BCUT2D eigenvalue weighted by Crippen LogP contribution is -2.22. The molecule has 1 amide bonds. The first-order chi connectivity index (χ1) is 7.13. The normalized spacial score (nSPS) is 9.60. The first-order valence-corrected chi connectivity index (χ1v) is 4.27. The number of amides is 1. The van der Waals surface area contributed by atoms with Crippen molar-refractivity contribution in [2.75, 3.05) is 6.54 Å². The molecule has 0 bridgehead atoms. The zero-order chi connectivity index (χ0) is 11.3. The molecule has 0 aliphatic carbocycles. The summed E-state index contributed by atoms with van der Waals surface area (Å²) >= 11 is 0. The van der Waals surface area contributed by atoms with Gasteiger partial charge in [0.05, 0.1) is 11.8 Å². The summed E-state index contributed by atoms with van der Waals surface area (Å²) in [5, 5.41) is 14.8. The molecule has 0 fully saturated rings. The average Bonchev–Trinajstić information content (AvgIpc) is 2.61. The Balaban J connectivity index is 2.62. The highest BCUT2D eigenvalue weighted by molar-refractivity contribution is 5.93. The van der Waals surface area contributed by atoms with Crippen LogP contribution in [-0.4, -0.2) is 33.3 Å². The van der Waals surface area contributed by atoms with Crippen LogP contribution in [0.4, 0.5) is 0 Å². The van der Waals surface area contributed by atoms with Crippen LogP contribution in [0.2, 0.25) is 0 Å². The molecule has 0 unspecified atom stereocenters. The van der Waals surface area contributed by atoms with Crippen molar-refractivity contribution in [2.45, 2.75) is 6.54 Å². The van der Waals surface area contributed by atoms with Crippen molar-refractivity contribution in [3.8, 4) is 0 Å². The summed E-state index contributed by atoms with van der Waals surface area (Å²) in [6.07, 6.45) is 4.26. The Morgan fingerprint density at radius 3 is 3.00 bits per heavy atom. The molecule has 2 N–H and O–H groups in total. The predicted octanol–water partition coefficient (Wildman–Crippen LogP) is -0.117. The Kier molecular flexibility index (Phi) is 3.61. The predicted molar refractivity (Wildman–Crippen MR) is 52.4 cm³/mol. The topological polar surface area (TPSA) is 84.2 Å². The molecule has 1 heterocycles. The molecule has 0 spiro atoms. The fraction of sp³-hybridized carbons (Fsp3) is 0.222. The molecule has 0 aliphatic heterocycles. The van der Waals surface area contributed by atoms with Crippen LogP contribution in [0.1, 0.15) is 10.4 Å². The standard InChI is InChI=1S/C9H11N3O3/c1-2-3-10-9(15)7-4-11-12(5-7)6-8(13)14/h2,4-5H,1,3,6H2,(H,10,15)(H,13,14). The minimum atomic E-state index is -1.00. The lowest BCUT2D eigenvalue weighted by molar-refractivity contribution is -0.137. The van der Waals surface area contributed by atoms with E-state index in [1.54, 1.807) is 6.08 Å². The van der Waals surface area contributed by atoms with Crippen LogP contribution in [0.15, 0.2) is 25.0 Å². The molecule has 6 heteroatoms. The van der Waals surface area contributed by atoms with Crippen molar-refractivity contribution in [2.24, 2.45) is 0 Å². The summed E-state index contributed by atoms with van der Waals surface area (Å²) in [4.78, 5) is 21.7. The molecular weight excluding hydrogens is 198 g/mol. The average molecular weight is 209 g/mol. The van der Waals surface area contributed by atoms with Gasteiger partial charge in [0, 0.05) is 12.7 Å². The number of aromatic nitrogens is 2. The van der Waals surface area contributed by atoms with Crippen LogP contribution < -0.4 is 5.32 Å². The molecule has 15 heavy (non-hydrogen) atoms. The van der Waals surface area contributed by atoms with Gasteiger partial charge in [-0.15, -0.1) is 6.58 Å². The van der Waals surface area contributed by atoms with Crippen molar-refractivity contribution in [3.63, 3.8) is 0 Å². The van der Waals surface area contributed by atoms with Crippen molar-refractivity contribution in [3.05, 3.63) is 30.6 Å². The van der Waals surface area contributed by atoms with E-state index in [1.165, 1.54) is 17.1 Å². The van der Waals surface area contributed by atoms with Crippen LogP contribution in [0.5, 0.6) is 0 Å². The number of carbonyl (C=O) groups is 2. The number of carboxylic acid groups (broad SMARTS) is 1. The van der Waals surface area contributed by atoms with E-state index in [2.05, 4.69) is 17.0 Å². The van der Waals surface area contributed by atoms with Gasteiger partial charge in [0.2, 0.25) is 0 Å². The summed E-state index contributed by atoms with van der Waals surface area (Å²) in [6, 6.07) is 0. The number of carbonyl (C=O) groups excluding carboxylic acids is 1. The van der Waals surface area contributed by atoms with E-state index in [0.717, 1.165) is 0 Å². The van der Waals surface area contributed by atoms with Gasteiger partial charge >= 0.3 is 5.97 Å². The van der Waals surface area contributed by atoms with Crippen molar-refractivity contribution in [1.82, 2.24) is 15.1 Å². The van der Waals surface area contributed by atoms with E-state index >= 15 is 0 Å². The van der Waals surface area contributed by atoms with Gasteiger partial charge in [-0.05, 0) is 0 Å². The third kappa shape index (κ3) is 3.26. The van der Waals surface area contributed by atoms with E-state index in [1.807, 2.05) is 0 Å². The Morgan fingerprint density at radius 1 is 1.67 bits per heavy atom. The molecule has 0 aliphatic rings. The van der Waals surface area contributed by atoms with Crippen LogP contribution in [0, 0.1) is 0 Å². The number of nitrogens with one attached hydrogen (secondary N) is 1. The van der Waals surface area contributed by atoms with E-state index in [4.69, 9.17) is 5.11 Å². The van der Waals surface area contributed by atoms with Gasteiger partial charge in [-0.25, -0.2) is 0 Å². The Morgan fingerprint density at radius 2 is 2.40 bits per heavy atom. The monoisotopic (exact) mass is 209 g/mol. The maximum absolute atomic E-state index is 11.3. The van der Waals surface area contributed by atoms with Crippen molar-refractivity contribution >= 4 is 11.9 Å². The third-order valence-electron chi connectivity index (χ3n) is 1.60. The largest absolute Gasteiger partial charge is 0.480 e. The van der Waals surface area contributed by atoms with E-state index in [9.17, 15) is 9.59 Å². The number of nitrogens with zero attached hydrogens (tertiary/aromatic N) is 2. The molecule has 0 saturated carbocycles. The lowest BCUT2D eigenvalue weighted by Gasteiger charge is -1.97. The summed E-state index contributed by atoms with van der Waals surface area (Å²) in [5.41, 5.74) is 0.332. The lowest BCUT2D eigenvalue weighted by atomic mass is 10.3. The molecule has 0 aromatic carbocycles. The Labute approximate surface area is 86.2 Å².